The van der Waals surface area contributed by atoms with Gasteiger partial charge in [0.1, 0.15) is 4.84 Å². The first-order valence-corrected chi connectivity index (χ1v) is 6.54. The zero-order valence-electron chi connectivity index (χ0n) is 7.23. The normalized spacial score (nSPS) is 15.5. The van der Waals surface area contributed by atoms with E-state index in [-0.39, 0.29) is 9.58 Å². The van der Waals surface area contributed by atoms with Gasteiger partial charge in [0.2, 0.25) is 0 Å². The van der Waals surface area contributed by atoms with E-state index in [1.165, 1.54) is 0 Å². The minimum absolute atomic E-state index is 0.269. The third-order valence-corrected chi connectivity index (χ3v) is 5.73. The molecule has 0 heterocycles. The fourth-order valence-electron chi connectivity index (χ4n) is 0.262. The summed E-state index contributed by atoms with van der Waals surface area (Å²) in [6, 6.07) is 0. The van der Waals surface area contributed by atoms with E-state index >= 15 is 0 Å². The Morgan fingerprint density at radius 3 is 1.91 bits per heavy atom. The maximum absolute atomic E-state index is 5.69. The van der Waals surface area contributed by atoms with E-state index in [1.54, 1.807) is 10.8 Å². The molecule has 0 amide bonds. The van der Waals surface area contributed by atoms with E-state index in [4.69, 9.17) is 23.2 Å². The van der Waals surface area contributed by atoms with Crippen LogP contribution < -0.4 is 0 Å². The molecule has 0 saturated carbocycles. The molecule has 0 rings (SSSR count). The minimum Gasteiger partial charge on any atom is -0.104 e. The average Bonchev–Trinajstić information content (AvgIpc) is 1.80. The lowest BCUT2D eigenvalue weighted by Gasteiger charge is -2.19. The van der Waals surface area contributed by atoms with Crippen LogP contribution in [0.5, 0.6) is 0 Å². The number of hydrogen-bond acceptors (Lipinski definition) is 2. The van der Waals surface area contributed by atoms with Crippen LogP contribution in [0.2, 0.25) is 0 Å². The number of rotatable bonds is 3. The number of alkyl halides is 2. The van der Waals surface area contributed by atoms with Gasteiger partial charge in [0.15, 0.2) is 0 Å². The quantitative estimate of drug-likeness (QED) is 0.524. The Balaban J connectivity index is 3.54. The van der Waals surface area contributed by atoms with Gasteiger partial charge in [-0.1, -0.05) is 42.4 Å². The second-order valence-corrected chi connectivity index (χ2v) is 7.90. The third kappa shape index (κ3) is 7.63. The van der Waals surface area contributed by atoms with Gasteiger partial charge >= 0.3 is 0 Å². The number of hydrogen-bond donors (Lipinski definition) is 0. The van der Waals surface area contributed by atoms with E-state index < -0.39 is 0 Å². The lowest BCUT2D eigenvalue weighted by molar-refractivity contribution is 0.810. The van der Waals surface area contributed by atoms with Crippen LogP contribution in [0.25, 0.3) is 0 Å². The van der Waals surface area contributed by atoms with E-state index in [0.717, 1.165) is 0 Å². The Hall–Kier alpha value is 1.28. The van der Waals surface area contributed by atoms with E-state index in [9.17, 15) is 0 Å². The van der Waals surface area contributed by atoms with E-state index in [1.807, 2.05) is 17.7 Å². The van der Waals surface area contributed by atoms with Gasteiger partial charge in [-0.3, -0.25) is 0 Å². The van der Waals surface area contributed by atoms with Crippen molar-refractivity contribution in [1.29, 1.82) is 0 Å². The summed E-state index contributed by atoms with van der Waals surface area (Å²) in [6.07, 6.45) is 0. The summed E-state index contributed by atoms with van der Waals surface area (Å²) in [5.41, 5.74) is 0. The van der Waals surface area contributed by atoms with Crippen LogP contribution in [0.3, 0.4) is 0 Å². The fraction of sp³-hybridized carbons (Fsp3) is 1.00. The molecule has 0 fully saturated rings. The van der Waals surface area contributed by atoms with Crippen molar-refractivity contribution < 1.29 is 0 Å². The van der Waals surface area contributed by atoms with Crippen molar-refractivity contribution in [3.05, 3.63) is 0 Å². The van der Waals surface area contributed by atoms with Crippen molar-refractivity contribution in [2.24, 2.45) is 0 Å². The Morgan fingerprint density at radius 2 is 1.64 bits per heavy atom. The third-order valence-electron chi connectivity index (χ3n) is 0.805. The number of halogens is 2. The molecule has 11 heavy (non-hydrogen) atoms. The molecule has 0 radical (unpaired) electrons. The monoisotopic (exact) mass is 232 g/mol. The maximum Gasteiger partial charge on any atom is 0.120 e. The first-order valence-electron chi connectivity index (χ1n) is 3.45. The summed E-state index contributed by atoms with van der Waals surface area (Å²) in [4.78, 5) is -0.269. The minimum atomic E-state index is -0.269. The van der Waals surface area contributed by atoms with Crippen LogP contribution in [-0.4, -0.2) is 14.8 Å². The van der Waals surface area contributed by atoms with Gasteiger partial charge in [0.05, 0.1) is 0 Å². The molecule has 0 spiro atoms. The van der Waals surface area contributed by atoms with Gasteiger partial charge in [0.25, 0.3) is 0 Å². The highest BCUT2D eigenvalue weighted by atomic mass is 35.5. The van der Waals surface area contributed by atoms with Crippen LogP contribution in [0, 0.1) is 0 Å². The first kappa shape index (κ1) is 12.3. The Bertz CT molecular complexity index is 109. The van der Waals surface area contributed by atoms with Gasteiger partial charge in [0, 0.05) is 10.00 Å². The lowest BCUT2D eigenvalue weighted by atomic mass is 10.3. The second kappa shape index (κ2) is 5.11. The van der Waals surface area contributed by atoms with E-state index in [0.29, 0.717) is 5.25 Å². The molecule has 68 valence electrons. The smallest absolute Gasteiger partial charge is 0.104 e. The molecule has 0 aliphatic carbocycles. The Labute approximate surface area is 87.2 Å². The maximum atomic E-state index is 5.69. The zero-order valence-corrected chi connectivity index (χ0v) is 10.4. The largest absolute Gasteiger partial charge is 0.120 e. The molecule has 0 bridgehead atoms. The molecule has 0 aromatic heterocycles. The lowest BCUT2D eigenvalue weighted by Crippen LogP contribution is -2.10. The highest BCUT2D eigenvalue weighted by molar-refractivity contribution is 8.77. The summed E-state index contributed by atoms with van der Waals surface area (Å²) >= 11 is 11.4. The van der Waals surface area contributed by atoms with Gasteiger partial charge in [-0.05, 0) is 6.92 Å². The zero-order chi connectivity index (χ0) is 9.07. The van der Waals surface area contributed by atoms with E-state index in [2.05, 4.69) is 20.8 Å². The summed E-state index contributed by atoms with van der Waals surface area (Å²) < 4.78 is 0.279. The predicted octanol–water partition coefficient (Wildman–Crippen LogP) is 4.36. The first-order chi connectivity index (χ1) is 4.83. The van der Waals surface area contributed by atoms with Crippen LogP contribution in [0.15, 0.2) is 0 Å². The molecule has 0 aliphatic heterocycles. The molecular formula is C7H14Cl2S2. The highest BCUT2D eigenvalue weighted by Gasteiger charge is 2.17. The van der Waals surface area contributed by atoms with Crippen LogP contribution >= 0.6 is 44.8 Å². The molecule has 0 nitrogen and oxygen atoms in total. The van der Waals surface area contributed by atoms with Crippen LogP contribution in [0.4, 0.5) is 0 Å². The molecule has 1 atom stereocenters. The van der Waals surface area contributed by atoms with Crippen molar-refractivity contribution in [3.63, 3.8) is 0 Å². The SMILES string of the molecule is CC(SSC(C)(C)C)C(Cl)Cl. The summed E-state index contributed by atoms with van der Waals surface area (Å²) in [5, 5.41) is 0.294. The highest BCUT2D eigenvalue weighted by Crippen LogP contribution is 2.40. The Kier molecular flexibility index (Phi) is 5.70. The molecular weight excluding hydrogens is 219 g/mol. The standard InChI is InChI=1S/C7H14Cl2S2/c1-5(6(8)9)10-11-7(2,3)4/h5-6H,1-4H3. The van der Waals surface area contributed by atoms with Gasteiger partial charge in [-0.15, -0.1) is 23.2 Å². The predicted molar refractivity (Wildman–Crippen MR) is 59.9 cm³/mol. The van der Waals surface area contributed by atoms with Crippen molar-refractivity contribution in [2.45, 2.75) is 42.5 Å². The molecule has 0 saturated heterocycles. The van der Waals surface area contributed by atoms with Crippen molar-refractivity contribution in [3.8, 4) is 0 Å². The fourth-order valence-corrected chi connectivity index (χ4v) is 3.12. The molecule has 0 N–H and O–H groups in total. The van der Waals surface area contributed by atoms with Crippen molar-refractivity contribution in [2.75, 3.05) is 0 Å². The van der Waals surface area contributed by atoms with Crippen LogP contribution in [-0.2, 0) is 0 Å². The molecule has 0 aromatic rings. The average molecular weight is 233 g/mol. The van der Waals surface area contributed by atoms with Crippen molar-refractivity contribution >= 4 is 44.8 Å². The molecule has 0 aliphatic rings. The molecule has 4 heteroatoms. The summed E-state index contributed by atoms with van der Waals surface area (Å²) in [6.45, 7) is 8.56. The Morgan fingerprint density at radius 1 is 1.18 bits per heavy atom. The molecule has 1 unspecified atom stereocenters. The summed E-state index contributed by atoms with van der Waals surface area (Å²) in [5.74, 6) is 0. The topological polar surface area (TPSA) is 0 Å². The molecule has 0 aromatic carbocycles. The van der Waals surface area contributed by atoms with Gasteiger partial charge in [-0.25, -0.2) is 0 Å². The summed E-state index contributed by atoms with van der Waals surface area (Å²) in [7, 11) is 3.56. The van der Waals surface area contributed by atoms with Crippen molar-refractivity contribution in [1.82, 2.24) is 0 Å². The van der Waals surface area contributed by atoms with Gasteiger partial charge < -0.3 is 0 Å². The second-order valence-electron chi connectivity index (χ2n) is 3.33. The van der Waals surface area contributed by atoms with Crippen LogP contribution in [0.1, 0.15) is 27.7 Å². The van der Waals surface area contributed by atoms with Gasteiger partial charge in [-0.2, -0.15) is 0 Å².